The van der Waals surface area contributed by atoms with Gasteiger partial charge in [-0.1, -0.05) is 66.5 Å². The van der Waals surface area contributed by atoms with Crippen LogP contribution in [0.1, 0.15) is 31.7 Å². The minimum atomic E-state index is -0.169. The van der Waals surface area contributed by atoms with Crippen LogP contribution in [0, 0.1) is 5.92 Å². The molecule has 2 atom stereocenters. The number of hydrogen-bond acceptors (Lipinski definition) is 2. The number of nitrogens with one attached hydrogen (secondary N) is 1. The summed E-state index contributed by atoms with van der Waals surface area (Å²) in [7, 11) is 0. The molecular formula is C17H19BrN2O. The molecular weight excluding hydrogens is 328 g/mol. The Bertz CT molecular complexity index is 601. The Morgan fingerprint density at radius 3 is 2.62 bits per heavy atom. The zero-order valence-electron chi connectivity index (χ0n) is 12.2. The lowest BCUT2D eigenvalue weighted by Crippen LogP contribution is -2.26. The second-order valence-corrected chi connectivity index (χ2v) is 6.04. The number of amides is 1. The van der Waals surface area contributed by atoms with Gasteiger partial charge in [-0.05, 0) is 23.6 Å². The van der Waals surface area contributed by atoms with E-state index in [0.29, 0.717) is 5.82 Å². The van der Waals surface area contributed by atoms with Crippen LogP contribution in [0.15, 0.2) is 53.1 Å². The highest BCUT2D eigenvalue weighted by Crippen LogP contribution is 2.28. The van der Waals surface area contributed by atoms with E-state index in [1.165, 1.54) is 0 Å². The largest absolute Gasteiger partial charge is 0.310 e. The van der Waals surface area contributed by atoms with Gasteiger partial charge in [0.1, 0.15) is 5.82 Å². The quantitative estimate of drug-likeness (QED) is 0.858. The predicted octanol–water partition coefficient (Wildman–Crippen LogP) is 4.61. The minimum absolute atomic E-state index is 0.0128. The Kier molecular flexibility index (Phi) is 5.51. The van der Waals surface area contributed by atoms with Gasteiger partial charge in [0.05, 0.1) is 5.92 Å². The third kappa shape index (κ3) is 4.14. The van der Waals surface area contributed by atoms with Crippen molar-refractivity contribution in [2.75, 3.05) is 5.32 Å². The molecule has 0 radical (unpaired) electrons. The summed E-state index contributed by atoms with van der Waals surface area (Å²) in [6, 6.07) is 13.5. The van der Waals surface area contributed by atoms with Crippen LogP contribution < -0.4 is 5.32 Å². The van der Waals surface area contributed by atoms with Gasteiger partial charge in [-0.25, -0.2) is 4.98 Å². The van der Waals surface area contributed by atoms with Crippen LogP contribution in [0.25, 0.3) is 0 Å². The number of carbonyl (C=O) groups excluding carboxylic acids is 1. The molecule has 0 saturated heterocycles. The van der Waals surface area contributed by atoms with E-state index in [0.717, 1.165) is 16.5 Å². The highest BCUT2D eigenvalue weighted by molar-refractivity contribution is 9.10. The molecule has 2 unspecified atom stereocenters. The maximum Gasteiger partial charge on any atom is 0.233 e. The normalized spacial score (nSPS) is 13.5. The number of halogens is 1. The predicted molar refractivity (Wildman–Crippen MR) is 89.2 cm³/mol. The molecule has 0 bridgehead atoms. The Hall–Kier alpha value is -1.68. The summed E-state index contributed by atoms with van der Waals surface area (Å²) < 4.78 is 0.896. The molecule has 1 N–H and O–H groups in total. The Labute approximate surface area is 133 Å². The van der Waals surface area contributed by atoms with E-state index in [1.54, 1.807) is 12.3 Å². The Balaban J connectivity index is 2.23. The van der Waals surface area contributed by atoms with Crippen molar-refractivity contribution in [3.05, 3.63) is 58.7 Å². The average Bonchev–Trinajstić information content (AvgIpc) is 2.48. The highest BCUT2D eigenvalue weighted by Gasteiger charge is 2.26. The van der Waals surface area contributed by atoms with Crippen molar-refractivity contribution in [1.82, 2.24) is 4.98 Å². The molecule has 110 valence electrons. The topological polar surface area (TPSA) is 42.0 Å². The van der Waals surface area contributed by atoms with Crippen molar-refractivity contribution in [1.29, 1.82) is 0 Å². The highest BCUT2D eigenvalue weighted by atomic mass is 79.9. The molecule has 0 spiro atoms. The number of benzene rings is 1. The van der Waals surface area contributed by atoms with Gasteiger partial charge in [0, 0.05) is 10.7 Å². The summed E-state index contributed by atoms with van der Waals surface area (Å²) in [6.45, 7) is 4.21. The van der Waals surface area contributed by atoms with Crippen molar-refractivity contribution in [3.63, 3.8) is 0 Å². The monoisotopic (exact) mass is 346 g/mol. The lowest BCUT2D eigenvalue weighted by molar-refractivity contribution is -0.118. The zero-order chi connectivity index (χ0) is 15.2. The average molecular weight is 347 g/mol. The zero-order valence-corrected chi connectivity index (χ0v) is 13.8. The van der Waals surface area contributed by atoms with Gasteiger partial charge in [0.2, 0.25) is 5.91 Å². The second-order valence-electron chi connectivity index (χ2n) is 5.12. The fourth-order valence-electron chi connectivity index (χ4n) is 2.31. The number of carbonyl (C=O) groups is 1. The van der Waals surface area contributed by atoms with Crippen molar-refractivity contribution in [3.8, 4) is 0 Å². The maximum atomic E-state index is 12.7. The molecule has 3 nitrogen and oxygen atoms in total. The lowest BCUT2D eigenvalue weighted by atomic mass is 9.85. The molecule has 1 heterocycles. The second kappa shape index (κ2) is 7.36. The van der Waals surface area contributed by atoms with E-state index < -0.39 is 0 Å². The summed E-state index contributed by atoms with van der Waals surface area (Å²) in [4.78, 5) is 16.8. The van der Waals surface area contributed by atoms with Crippen LogP contribution in [0.4, 0.5) is 5.82 Å². The van der Waals surface area contributed by atoms with Crippen LogP contribution in [-0.4, -0.2) is 10.9 Å². The van der Waals surface area contributed by atoms with Gasteiger partial charge in [0.25, 0.3) is 0 Å². The first-order chi connectivity index (χ1) is 10.1. The van der Waals surface area contributed by atoms with E-state index in [2.05, 4.69) is 40.1 Å². The van der Waals surface area contributed by atoms with E-state index in [1.807, 2.05) is 36.4 Å². The SMILES string of the molecule is CCC(C)C(C(=O)Nc1cc(Br)ccn1)c1ccccc1. The molecule has 1 amide bonds. The van der Waals surface area contributed by atoms with Crippen LogP contribution in [-0.2, 0) is 4.79 Å². The standard InChI is InChI=1S/C17H19BrN2O/c1-3-12(2)16(13-7-5-4-6-8-13)17(21)20-15-11-14(18)9-10-19-15/h4-12,16H,3H2,1-2H3,(H,19,20,21). The molecule has 21 heavy (non-hydrogen) atoms. The van der Waals surface area contributed by atoms with E-state index in [-0.39, 0.29) is 17.7 Å². The Morgan fingerprint density at radius 2 is 2.00 bits per heavy atom. The summed E-state index contributed by atoms with van der Waals surface area (Å²) >= 11 is 3.39. The first kappa shape index (κ1) is 15.7. The van der Waals surface area contributed by atoms with Crippen molar-refractivity contribution >= 4 is 27.7 Å². The number of hydrogen-bond donors (Lipinski definition) is 1. The number of pyridine rings is 1. The van der Waals surface area contributed by atoms with E-state index in [9.17, 15) is 4.79 Å². The van der Waals surface area contributed by atoms with Gasteiger partial charge < -0.3 is 5.32 Å². The molecule has 0 aliphatic carbocycles. The molecule has 2 rings (SSSR count). The number of anilines is 1. The molecule has 0 saturated carbocycles. The summed E-state index contributed by atoms with van der Waals surface area (Å²) in [6.07, 6.45) is 2.61. The molecule has 4 heteroatoms. The van der Waals surface area contributed by atoms with Gasteiger partial charge in [-0.2, -0.15) is 0 Å². The molecule has 0 fully saturated rings. The smallest absolute Gasteiger partial charge is 0.233 e. The van der Waals surface area contributed by atoms with Crippen LogP contribution in [0.2, 0.25) is 0 Å². The summed E-state index contributed by atoms with van der Waals surface area (Å²) in [5.41, 5.74) is 1.04. The number of rotatable bonds is 5. The van der Waals surface area contributed by atoms with Gasteiger partial charge in [-0.3, -0.25) is 4.79 Å². The molecule has 0 aliphatic rings. The van der Waals surface area contributed by atoms with E-state index >= 15 is 0 Å². The van der Waals surface area contributed by atoms with Crippen LogP contribution in [0.5, 0.6) is 0 Å². The third-order valence-corrected chi connectivity index (χ3v) is 4.12. The molecule has 0 aliphatic heterocycles. The maximum absolute atomic E-state index is 12.7. The fraction of sp³-hybridized carbons (Fsp3) is 0.294. The van der Waals surface area contributed by atoms with Gasteiger partial charge in [-0.15, -0.1) is 0 Å². The number of nitrogens with zero attached hydrogens (tertiary/aromatic N) is 1. The van der Waals surface area contributed by atoms with E-state index in [4.69, 9.17) is 0 Å². The summed E-state index contributed by atoms with van der Waals surface area (Å²) in [5.74, 6) is 0.649. The van der Waals surface area contributed by atoms with Crippen molar-refractivity contribution in [2.24, 2.45) is 5.92 Å². The minimum Gasteiger partial charge on any atom is -0.310 e. The Morgan fingerprint density at radius 1 is 1.29 bits per heavy atom. The molecule has 2 aromatic rings. The third-order valence-electron chi connectivity index (χ3n) is 3.63. The fourth-order valence-corrected chi connectivity index (χ4v) is 2.65. The first-order valence-electron chi connectivity index (χ1n) is 7.09. The molecule has 1 aromatic carbocycles. The number of aromatic nitrogens is 1. The molecule has 1 aromatic heterocycles. The lowest BCUT2D eigenvalue weighted by Gasteiger charge is -2.22. The van der Waals surface area contributed by atoms with Gasteiger partial charge >= 0.3 is 0 Å². The summed E-state index contributed by atoms with van der Waals surface area (Å²) in [5, 5.41) is 2.92. The van der Waals surface area contributed by atoms with Crippen LogP contribution in [0.3, 0.4) is 0 Å². The van der Waals surface area contributed by atoms with Crippen LogP contribution >= 0.6 is 15.9 Å². The van der Waals surface area contributed by atoms with Gasteiger partial charge in [0.15, 0.2) is 0 Å². The van der Waals surface area contributed by atoms with Crippen molar-refractivity contribution < 1.29 is 4.79 Å². The first-order valence-corrected chi connectivity index (χ1v) is 7.88. The van der Waals surface area contributed by atoms with Crippen molar-refractivity contribution in [2.45, 2.75) is 26.2 Å².